The highest BCUT2D eigenvalue weighted by Gasteiger charge is 2.42. The van der Waals surface area contributed by atoms with Gasteiger partial charge in [-0.15, -0.1) is 0 Å². The second-order valence-corrected chi connectivity index (χ2v) is 7.95. The molecular formula is C17H26N4O4. The zero-order chi connectivity index (χ0) is 18.2. The molecule has 3 rings (SSSR count). The number of aromatic amines is 1. The van der Waals surface area contributed by atoms with Gasteiger partial charge in [0.2, 0.25) is 5.91 Å². The van der Waals surface area contributed by atoms with Crippen molar-refractivity contribution >= 4 is 17.8 Å². The number of carbonyl (C=O) groups is 2. The predicted molar refractivity (Wildman–Crippen MR) is 91.1 cm³/mol. The molecule has 2 saturated carbocycles. The number of aromatic nitrogens is 2. The number of aliphatic hydroxyl groups excluding tert-OH is 1. The van der Waals surface area contributed by atoms with Crippen LogP contribution in [0.5, 0.6) is 0 Å². The third-order valence-corrected chi connectivity index (χ3v) is 4.51. The number of nitrogens with one attached hydrogen (secondary N) is 3. The molecule has 8 heteroatoms. The Bertz CT molecular complexity index is 647. The van der Waals surface area contributed by atoms with Gasteiger partial charge in [0.25, 0.3) is 0 Å². The van der Waals surface area contributed by atoms with Gasteiger partial charge in [-0.2, -0.15) is 5.10 Å². The summed E-state index contributed by atoms with van der Waals surface area (Å²) in [5.41, 5.74) is 0.460. The first kappa shape index (κ1) is 17.7. The highest BCUT2D eigenvalue weighted by Crippen LogP contribution is 2.39. The van der Waals surface area contributed by atoms with Gasteiger partial charge in [0.05, 0.1) is 6.10 Å². The second kappa shape index (κ2) is 6.67. The van der Waals surface area contributed by atoms with E-state index < -0.39 is 17.8 Å². The van der Waals surface area contributed by atoms with Crippen molar-refractivity contribution in [3.05, 3.63) is 11.8 Å². The molecular weight excluding hydrogens is 324 g/mol. The Hall–Kier alpha value is -2.09. The SMILES string of the molecule is CC(C)(C)OC(=O)NC1CC(O)C1CC(=O)Nc1cc(C2CC2)[nH]n1. The molecule has 0 spiro atoms. The smallest absolute Gasteiger partial charge is 0.407 e. The Morgan fingerprint density at radius 2 is 2.12 bits per heavy atom. The van der Waals surface area contributed by atoms with Gasteiger partial charge < -0.3 is 20.5 Å². The maximum Gasteiger partial charge on any atom is 0.407 e. The van der Waals surface area contributed by atoms with Crippen molar-refractivity contribution in [2.75, 3.05) is 5.32 Å². The van der Waals surface area contributed by atoms with E-state index in [1.165, 1.54) is 0 Å². The molecule has 3 atom stereocenters. The number of H-pyrrole nitrogens is 1. The standard InChI is InChI=1S/C17H26N4O4/c1-17(2,3)25-16(24)18-12-7-13(22)10(12)6-15(23)19-14-8-11(20-21-14)9-4-5-9/h8-10,12-13,22H,4-7H2,1-3H3,(H,18,24)(H2,19,20,21,23). The Labute approximate surface area is 146 Å². The van der Waals surface area contributed by atoms with Crippen LogP contribution in [0.4, 0.5) is 10.6 Å². The molecule has 2 aliphatic carbocycles. The molecule has 0 bridgehead atoms. The Morgan fingerprint density at radius 3 is 2.72 bits per heavy atom. The minimum Gasteiger partial charge on any atom is -0.444 e. The fourth-order valence-corrected chi connectivity index (χ4v) is 3.00. The lowest BCUT2D eigenvalue weighted by Gasteiger charge is -2.41. The summed E-state index contributed by atoms with van der Waals surface area (Å²) >= 11 is 0. The first-order valence-electron chi connectivity index (χ1n) is 8.74. The van der Waals surface area contributed by atoms with Crippen LogP contribution < -0.4 is 10.6 Å². The first-order chi connectivity index (χ1) is 11.7. The van der Waals surface area contributed by atoms with Gasteiger partial charge in [0, 0.05) is 36.1 Å². The average molecular weight is 350 g/mol. The van der Waals surface area contributed by atoms with Crippen molar-refractivity contribution in [2.45, 2.75) is 70.1 Å². The summed E-state index contributed by atoms with van der Waals surface area (Å²) < 4.78 is 5.21. The zero-order valence-corrected chi connectivity index (χ0v) is 14.8. The van der Waals surface area contributed by atoms with E-state index in [2.05, 4.69) is 20.8 Å². The molecule has 1 aromatic heterocycles. The number of hydrogen-bond acceptors (Lipinski definition) is 5. The van der Waals surface area contributed by atoms with Crippen LogP contribution in [0.2, 0.25) is 0 Å². The van der Waals surface area contributed by atoms with Crippen LogP contribution in [0.25, 0.3) is 0 Å². The molecule has 138 valence electrons. The number of ether oxygens (including phenoxy) is 1. The summed E-state index contributed by atoms with van der Waals surface area (Å²) in [6, 6.07) is 1.58. The molecule has 25 heavy (non-hydrogen) atoms. The van der Waals surface area contributed by atoms with Gasteiger partial charge in [0.15, 0.2) is 5.82 Å². The van der Waals surface area contributed by atoms with Crippen LogP contribution in [0.15, 0.2) is 6.07 Å². The summed E-state index contributed by atoms with van der Waals surface area (Å²) in [7, 11) is 0. The lowest BCUT2D eigenvalue weighted by molar-refractivity contribution is -0.120. The van der Waals surface area contributed by atoms with Crippen molar-refractivity contribution in [3.8, 4) is 0 Å². The Kier molecular flexibility index (Phi) is 4.73. The van der Waals surface area contributed by atoms with Crippen molar-refractivity contribution in [2.24, 2.45) is 5.92 Å². The summed E-state index contributed by atoms with van der Waals surface area (Å²) in [4.78, 5) is 24.0. The van der Waals surface area contributed by atoms with Crippen molar-refractivity contribution in [1.29, 1.82) is 0 Å². The molecule has 4 N–H and O–H groups in total. The van der Waals surface area contributed by atoms with Gasteiger partial charge in [-0.1, -0.05) is 0 Å². The lowest BCUT2D eigenvalue weighted by Crippen LogP contribution is -2.56. The maximum atomic E-state index is 12.2. The van der Waals surface area contributed by atoms with Gasteiger partial charge in [-0.05, 0) is 40.0 Å². The molecule has 2 amide bonds. The summed E-state index contributed by atoms with van der Waals surface area (Å²) in [5, 5.41) is 22.4. The van der Waals surface area contributed by atoms with Crippen LogP contribution in [0.3, 0.4) is 0 Å². The third kappa shape index (κ3) is 4.72. The van der Waals surface area contributed by atoms with E-state index in [-0.39, 0.29) is 24.3 Å². The molecule has 0 aromatic carbocycles. The largest absolute Gasteiger partial charge is 0.444 e. The Balaban J connectivity index is 1.48. The average Bonchev–Trinajstić information content (AvgIpc) is 3.23. The molecule has 2 aliphatic rings. The molecule has 0 radical (unpaired) electrons. The van der Waals surface area contributed by atoms with Crippen molar-refractivity contribution in [3.63, 3.8) is 0 Å². The highest BCUT2D eigenvalue weighted by atomic mass is 16.6. The highest BCUT2D eigenvalue weighted by molar-refractivity contribution is 5.90. The van der Waals surface area contributed by atoms with Crippen molar-refractivity contribution in [1.82, 2.24) is 15.5 Å². The van der Waals surface area contributed by atoms with Gasteiger partial charge in [0.1, 0.15) is 5.60 Å². The van der Waals surface area contributed by atoms with Crippen LogP contribution in [0, 0.1) is 5.92 Å². The minimum atomic E-state index is -0.605. The fraction of sp³-hybridized carbons (Fsp3) is 0.706. The second-order valence-electron chi connectivity index (χ2n) is 7.95. The molecule has 8 nitrogen and oxygen atoms in total. The van der Waals surface area contributed by atoms with E-state index in [9.17, 15) is 14.7 Å². The summed E-state index contributed by atoms with van der Waals surface area (Å²) in [6.45, 7) is 5.35. The van der Waals surface area contributed by atoms with E-state index >= 15 is 0 Å². The number of nitrogens with zero attached hydrogens (tertiary/aromatic N) is 1. The summed E-state index contributed by atoms with van der Waals surface area (Å²) in [6.07, 6.45) is 1.71. The number of carbonyl (C=O) groups excluding carboxylic acids is 2. The maximum absolute atomic E-state index is 12.2. The lowest BCUT2D eigenvalue weighted by atomic mass is 9.74. The minimum absolute atomic E-state index is 0.118. The number of alkyl carbamates (subject to hydrolysis) is 1. The predicted octanol–water partition coefficient (Wildman–Crippen LogP) is 1.89. The molecule has 3 unspecified atom stereocenters. The van der Waals surface area contributed by atoms with Crippen LogP contribution in [-0.4, -0.2) is 45.1 Å². The molecule has 1 aromatic rings. The van der Waals surface area contributed by atoms with E-state index in [1.54, 1.807) is 20.8 Å². The first-order valence-corrected chi connectivity index (χ1v) is 8.74. The van der Waals surface area contributed by atoms with E-state index in [4.69, 9.17) is 4.74 Å². The number of anilines is 1. The normalized spacial score (nSPS) is 25.8. The van der Waals surface area contributed by atoms with Gasteiger partial charge >= 0.3 is 6.09 Å². The molecule has 0 saturated heterocycles. The van der Waals surface area contributed by atoms with E-state index in [0.717, 1.165) is 18.5 Å². The zero-order valence-electron chi connectivity index (χ0n) is 14.8. The quantitative estimate of drug-likeness (QED) is 0.647. The van der Waals surface area contributed by atoms with E-state index in [1.807, 2.05) is 6.07 Å². The number of hydrogen-bond donors (Lipinski definition) is 4. The van der Waals surface area contributed by atoms with Gasteiger partial charge in [-0.25, -0.2) is 4.79 Å². The fourth-order valence-electron chi connectivity index (χ4n) is 3.00. The number of amides is 2. The summed E-state index contributed by atoms with van der Waals surface area (Å²) in [5.74, 6) is 0.481. The van der Waals surface area contributed by atoms with Crippen LogP contribution in [0.1, 0.15) is 58.1 Å². The number of rotatable bonds is 5. The molecule has 0 aliphatic heterocycles. The number of aliphatic hydroxyl groups is 1. The van der Waals surface area contributed by atoms with Gasteiger partial charge in [-0.3, -0.25) is 9.89 Å². The van der Waals surface area contributed by atoms with E-state index in [0.29, 0.717) is 18.2 Å². The van der Waals surface area contributed by atoms with Crippen LogP contribution >= 0.6 is 0 Å². The van der Waals surface area contributed by atoms with Crippen LogP contribution in [-0.2, 0) is 9.53 Å². The van der Waals surface area contributed by atoms with Crippen molar-refractivity contribution < 1.29 is 19.4 Å². The molecule has 1 heterocycles. The topological polar surface area (TPSA) is 116 Å². The molecule has 2 fully saturated rings. The Morgan fingerprint density at radius 1 is 1.40 bits per heavy atom. The monoisotopic (exact) mass is 350 g/mol. The third-order valence-electron chi connectivity index (χ3n) is 4.51.